The number of hydrogen-bond donors (Lipinski definition) is 0. The maximum Gasteiger partial charge on any atom is 0.133 e. The summed E-state index contributed by atoms with van der Waals surface area (Å²) < 4.78 is 0. The van der Waals surface area contributed by atoms with Crippen molar-refractivity contribution in [3.63, 3.8) is 0 Å². The molecule has 0 aromatic carbocycles. The maximum absolute atomic E-state index is 10.3. The van der Waals surface area contributed by atoms with Gasteiger partial charge in [0, 0.05) is 14.1 Å². The highest BCUT2D eigenvalue weighted by Gasteiger charge is 2.17. The summed E-state index contributed by atoms with van der Waals surface area (Å²) in [6.07, 6.45) is 4.00. The van der Waals surface area contributed by atoms with Gasteiger partial charge < -0.3 is 9.69 Å². The number of allylic oxidation sites excluding steroid dienone is 1. The Hall–Kier alpha value is -0.440. The Kier molecular flexibility index (Phi) is 2.38. The third-order valence-electron chi connectivity index (χ3n) is 1.39. The van der Waals surface area contributed by atoms with Crippen molar-refractivity contribution in [3.05, 3.63) is 11.1 Å². The molecule has 1 rings (SSSR count). The van der Waals surface area contributed by atoms with Crippen LogP contribution >= 0.6 is 11.8 Å². The Morgan fingerprint density at radius 3 is 2.80 bits per heavy atom. The van der Waals surface area contributed by atoms with E-state index in [1.807, 2.05) is 19.0 Å². The Bertz CT molecular complexity index is 165. The molecule has 1 aliphatic rings. The van der Waals surface area contributed by atoms with Crippen molar-refractivity contribution >= 4 is 18.0 Å². The second-order valence-corrected chi connectivity index (χ2v) is 3.72. The van der Waals surface area contributed by atoms with E-state index in [1.54, 1.807) is 11.8 Å². The van der Waals surface area contributed by atoms with Gasteiger partial charge in [0.1, 0.15) is 6.29 Å². The van der Waals surface area contributed by atoms with Gasteiger partial charge in [0.25, 0.3) is 0 Å². The molecule has 56 valence electrons. The molecule has 0 fully saturated rings. The van der Waals surface area contributed by atoms with E-state index in [0.717, 1.165) is 12.7 Å². The predicted molar refractivity (Wildman–Crippen MR) is 43.8 cm³/mol. The molecule has 0 aromatic heterocycles. The molecule has 10 heavy (non-hydrogen) atoms. The van der Waals surface area contributed by atoms with Crippen molar-refractivity contribution in [3.8, 4) is 0 Å². The number of aldehydes is 1. The van der Waals surface area contributed by atoms with Gasteiger partial charge >= 0.3 is 0 Å². The van der Waals surface area contributed by atoms with Gasteiger partial charge in [0.05, 0.1) is 10.3 Å². The number of hydrogen-bond acceptors (Lipinski definition) is 3. The minimum absolute atomic E-state index is 0.164. The van der Waals surface area contributed by atoms with Crippen LogP contribution in [0.2, 0.25) is 0 Å². The molecule has 1 unspecified atom stereocenters. The molecule has 0 N–H and O–H groups in total. The normalized spacial score (nSPS) is 24.2. The van der Waals surface area contributed by atoms with E-state index in [2.05, 4.69) is 6.08 Å². The number of thioether (sulfide) groups is 1. The highest BCUT2D eigenvalue weighted by molar-refractivity contribution is 8.04. The van der Waals surface area contributed by atoms with Crippen LogP contribution in [0.4, 0.5) is 0 Å². The Labute approximate surface area is 65.3 Å². The summed E-state index contributed by atoms with van der Waals surface area (Å²) in [4.78, 5) is 12.3. The van der Waals surface area contributed by atoms with Gasteiger partial charge in [-0.25, -0.2) is 0 Å². The number of carbonyl (C=O) groups is 1. The zero-order chi connectivity index (χ0) is 7.56. The third-order valence-corrected chi connectivity index (χ3v) is 2.77. The first kappa shape index (κ1) is 7.66. The van der Waals surface area contributed by atoms with E-state index in [-0.39, 0.29) is 5.25 Å². The van der Waals surface area contributed by atoms with Gasteiger partial charge in [-0.2, -0.15) is 0 Å². The lowest BCUT2D eigenvalue weighted by atomic mass is 10.3. The lowest BCUT2D eigenvalue weighted by Gasteiger charge is -2.12. The van der Waals surface area contributed by atoms with Gasteiger partial charge in [-0.05, 0) is 6.42 Å². The summed E-state index contributed by atoms with van der Waals surface area (Å²) >= 11 is 1.64. The van der Waals surface area contributed by atoms with Crippen LogP contribution in [-0.4, -0.2) is 30.5 Å². The first-order valence-corrected chi connectivity index (χ1v) is 4.11. The molecular weight excluding hydrogens is 146 g/mol. The van der Waals surface area contributed by atoms with E-state index in [9.17, 15) is 4.79 Å². The fourth-order valence-electron chi connectivity index (χ4n) is 0.840. The van der Waals surface area contributed by atoms with E-state index in [0.29, 0.717) is 0 Å². The van der Waals surface area contributed by atoms with Crippen LogP contribution in [0.3, 0.4) is 0 Å². The highest BCUT2D eigenvalue weighted by Crippen LogP contribution is 2.31. The second kappa shape index (κ2) is 3.10. The van der Waals surface area contributed by atoms with Crippen LogP contribution in [0, 0.1) is 0 Å². The van der Waals surface area contributed by atoms with E-state index in [1.165, 1.54) is 5.03 Å². The van der Waals surface area contributed by atoms with Crippen LogP contribution in [0.5, 0.6) is 0 Å². The topological polar surface area (TPSA) is 20.3 Å². The number of carbonyl (C=O) groups excluding carboxylic acids is 1. The lowest BCUT2D eigenvalue weighted by molar-refractivity contribution is -0.107. The fourth-order valence-corrected chi connectivity index (χ4v) is 1.80. The molecule has 1 aliphatic heterocycles. The molecule has 1 atom stereocenters. The predicted octanol–water partition coefficient (Wildman–Crippen LogP) is 1.09. The van der Waals surface area contributed by atoms with Crippen molar-refractivity contribution < 1.29 is 4.79 Å². The molecule has 0 saturated carbocycles. The van der Waals surface area contributed by atoms with Gasteiger partial charge in [-0.3, -0.25) is 0 Å². The number of nitrogens with zero attached hydrogens (tertiary/aromatic N) is 1. The Morgan fingerprint density at radius 2 is 2.50 bits per heavy atom. The van der Waals surface area contributed by atoms with Gasteiger partial charge in [0.2, 0.25) is 0 Å². The van der Waals surface area contributed by atoms with Crippen molar-refractivity contribution in [1.29, 1.82) is 0 Å². The van der Waals surface area contributed by atoms with Crippen LogP contribution in [0.1, 0.15) is 6.42 Å². The zero-order valence-electron chi connectivity index (χ0n) is 6.20. The van der Waals surface area contributed by atoms with Crippen molar-refractivity contribution in [2.75, 3.05) is 14.1 Å². The Morgan fingerprint density at radius 1 is 1.80 bits per heavy atom. The molecule has 0 aliphatic carbocycles. The first-order valence-electron chi connectivity index (χ1n) is 3.23. The van der Waals surface area contributed by atoms with Crippen LogP contribution < -0.4 is 0 Å². The molecule has 0 radical (unpaired) electrons. The quantitative estimate of drug-likeness (QED) is 0.560. The molecule has 0 spiro atoms. The van der Waals surface area contributed by atoms with Crippen molar-refractivity contribution in [2.45, 2.75) is 11.7 Å². The summed E-state index contributed by atoms with van der Waals surface area (Å²) in [6, 6.07) is 0. The van der Waals surface area contributed by atoms with Crippen molar-refractivity contribution in [1.82, 2.24) is 4.90 Å². The maximum atomic E-state index is 10.3. The summed E-state index contributed by atoms with van der Waals surface area (Å²) in [7, 11) is 3.98. The van der Waals surface area contributed by atoms with E-state index >= 15 is 0 Å². The summed E-state index contributed by atoms with van der Waals surface area (Å²) in [5.74, 6) is 0. The molecule has 0 amide bonds. The van der Waals surface area contributed by atoms with Crippen LogP contribution in [0.25, 0.3) is 0 Å². The van der Waals surface area contributed by atoms with E-state index in [4.69, 9.17) is 0 Å². The zero-order valence-corrected chi connectivity index (χ0v) is 7.02. The van der Waals surface area contributed by atoms with Gasteiger partial charge in [-0.1, -0.05) is 17.8 Å². The first-order chi connectivity index (χ1) is 4.74. The van der Waals surface area contributed by atoms with Crippen LogP contribution in [-0.2, 0) is 4.79 Å². The van der Waals surface area contributed by atoms with Crippen molar-refractivity contribution in [2.24, 2.45) is 0 Å². The molecule has 3 heteroatoms. The molecule has 0 bridgehead atoms. The summed E-state index contributed by atoms with van der Waals surface area (Å²) in [5, 5.41) is 1.37. The highest BCUT2D eigenvalue weighted by atomic mass is 32.2. The second-order valence-electron chi connectivity index (χ2n) is 2.46. The molecule has 0 saturated heterocycles. The number of rotatable bonds is 2. The lowest BCUT2D eigenvalue weighted by Crippen LogP contribution is -2.07. The smallest absolute Gasteiger partial charge is 0.133 e. The van der Waals surface area contributed by atoms with Gasteiger partial charge in [0.15, 0.2) is 0 Å². The standard InChI is InChI=1S/C7H11NOS/c1-8(2)7-4-3-6(5-9)10-7/h4-6H,3H2,1-2H3. The largest absolute Gasteiger partial charge is 0.373 e. The summed E-state index contributed by atoms with van der Waals surface area (Å²) in [5.41, 5.74) is 0. The molecule has 0 aromatic rings. The van der Waals surface area contributed by atoms with Crippen LogP contribution in [0.15, 0.2) is 11.1 Å². The van der Waals surface area contributed by atoms with E-state index < -0.39 is 0 Å². The monoisotopic (exact) mass is 157 g/mol. The third kappa shape index (κ3) is 1.53. The Balaban J connectivity index is 2.46. The molecule has 1 heterocycles. The minimum atomic E-state index is 0.164. The van der Waals surface area contributed by atoms with Gasteiger partial charge in [-0.15, -0.1) is 0 Å². The molecule has 2 nitrogen and oxygen atoms in total. The molecular formula is C7H11NOS. The average Bonchev–Trinajstić information content (AvgIpc) is 2.34. The summed E-state index contributed by atoms with van der Waals surface area (Å²) in [6.45, 7) is 0. The fraction of sp³-hybridized carbons (Fsp3) is 0.571. The SMILES string of the molecule is CN(C)C1=CCC(C=O)S1. The minimum Gasteiger partial charge on any atom is -0.373 e. The average molecular weight is 157 g/mol.